The quantitative estimate of drug-likeness (QED) is 0.746. The summed E-state index contributed by atoms with van der Waals surface area (Å²) >= 11 is 0. The highest BCUT2D eigenvalue weighted by Crippen LogP contribution is 2.22. The minimum absolute atomic E-state index is 0.514. The van der Waals surface area contributed by atoms with E-state index in [9.17, 15) is 5.11 Å². The van der Waals surface area contributed by atoms with Gasteiger partial charge in [0.25, 0.3) is 0 Å². The number of likely N-dealkylation sites (tertiary alicyclic amines) is 1. The fraction of sp³-hybridized carbons (Fsp3) is 1.00. The minimum Gasteiger partial charge on any atom is -0.389 e. The molecule has 3 nitrogen and oxygen atoms in total. The highest BCUT2D eigenvalue weighted by molar-refractivity contribution is 4.83. The van der Waals surface area contributed by atoms with Crippen LogP contribution in [0.2, 0.25) is 0 Å². The van der Waals surface area contributed by atoms with Gasteiger partial charge in [-0.25, -0.2) is 0 Å². The summed E-state index contributed by atoms with van der Waals surface area (Å²) < 4.78 is 0. The standard InChI is InChI=1S/C14H30N2O/c1-5-14(4,17)11-16-9-7-13(8-10-16)12(3)15-6-2/h12-13,15,17H,5-11H2,1-4H3. The molecule has 0 aromatic heterocycles. The normalized spacial score (nSPS) is 24.5. The molecule has 17 heavy (non-hydrogen) atoms. The van der Waals surface area contributed by atoms with Gasteiger partial charge < -0.3 is 15.3 Å². The molecule has 0 bridgehead atoms. The van der Waals surface area contributed by atoms with Crippen LogP contribution in [0.5, 0.6) is 0 Å². The molecule has 0 aromatic rings. The lowest BCUT2D eigenvalue weighted by Gasteiger charge is -2.38. The average molecular weight is 242 g/mol. The maximum absolute atomic E-state index is 10.1. The second kappa shape index (κ2) is 6.72. The van der Waals surface area contributed by atoms with E-state index in [-0.39, 0.29) is 0 Å². The summed E-state index contributed by atoms with van der Waals surface area (Å²) in [7, 11) is 0. The number of hydrogen-bond acceptors (Lipinski definition) is 3. The first-order valence-corrected chi connectivity index (χ1v) is 7.16. The summed E-state index contributed by atoms with van der Waals surface area (Å²) in [5.41, 5.74) is -0.514. The zero-order valence-electron chi connectivity index (χ0n) is 12.0. The third kappa shape index (κ3) is 4.94. The molecule has 2 unspecified atom stereocenters. The first-order valence-electron chi connectivity index (χ1n) is 7.16. The summed E-state index contributed by atoms with van der Waals surface area (Å²) in [6.45, 7) is 12.6. The van der Waals surface area contributed by atoms with Gasteiger partial charge >= 0.3 is 0 Å². The second-order valence-electron chi connectivity index (χ2n) is 5.81. The smallest absolute Gasteiger partial charge is 0.0743 e. The highest BCUT2D eigenvalue weighted by Gasteiger charge is 2.27. The number of β-amino-alcohol motifs (C(OH)–C–C–N with tert-alkyl or cyclic N) is 1. The molecule has 0 aromatic carbocycles. The molecule has 1 heterocycles. The third-order valence-corrected chi connectivity index (χ3v) is 4.19. The van der Waals surface area contributed by atoms with Crippen molar-refractivity contribution in [1.29, 1.82) is 0 Å². The predicted octanol–water partition coefficient (Wildman–Crippen LogP) is 1.86. The van der Waals surface area contributed by atoms with Crippen LogP contribution in [0.3, 0.4) is 0 Å². The molecule has 1 aliphatic heterocycles. The van der Waals surface area contributed by atoms with Crippen LogP contribution in [0.4, 0.5) is 0 Å². The molecular weight excluding hydrogens is 212 g/mol. The Morgan fingerprint density at radius 2 is 1.94 bits per heavy atom. The van der Waals surface area contributed by atoms with E-state index in [0.717, 1.165) is 38.5 Å². The van der Waals surface area contributed by atoms with Crippen LogP contribution >= 0.6 is 0 Å². The van der Waals surface area contributed by atoms with Crippen LogP contribution in [0.1, 0.15) is 47.0 Å². The molecular formula is C14H30N2O. The first kappa shape index (κ1) is 14.9. The Balaban J connectivity index is 2.30. The van der Waals surface area contributed by atoms with E-state index in [0.29, 0.717) is 6.04 Å². The van der Waals surface area contributed by atoms with E-state index in [1.807, 2.05) is 6.92 Å². The van der Waals surface area contributed by atoms with Gasteiger partial charge in [0.05, 0.1) is 5.60 Å². The molecule has 2 atom stereocenters. The Morgan fingerprint density at radius 3 is 2.41 bits per heavy atom. The van der Waals surface area contributed by atoms with Crippen molar-refractivity contribution in [1.82, 2.24) is 10.2 Å². The van der Waals surface area contributed by atoms with E-state index in [4.69, 9.17) is 0 Å². The van der Waals surface area contributed by atoms with Gasteiger partial charge in [-0.15, -0.1) is 0 Å². The van der Waals surface area contributed by atoms with Gasteiger partial charge in [-0.2, -0.15) is 0 Å². The van der Waals surface area contributed by atoms with Crippen LogP contribution < -0.4 is 5.32 Å². The Hall–Kier alpha value is -0.120. The Kier molecular flexibility index (Phi) is 5.90. The van der Waals surface area contributed by atoms with Crippen molar-refractivity contribution in [3.8, 4) is 0 Å². The molecule has 1 rings (SSSR count). The summed E-state index contributed by atoms with van der Waals surface area (Å²) in [6, 6.07) is 0.633. The van der Waals surface area contributed by atoms with Crippen molar-refractivity contribution in [2.24, 2.45) is 5.92 Å². The third-order valence-electron chi connectivity index (χ3n) is 4.19. The first-order chi connectivity index (χ1) is 7.98. The molecule has 2 N–H and O–H groups in total. The lowest BCUT2D eigenvalue weighted by Crippen LogP contribution is -2.47. The molecule has 0 aliphatic carbocycles. The zero-order valence-corrected chi connectivity index (χ0v) is 12.0. The van der Waals surface area contributed by atoms with Crippen LogP contribution in [-0.4, -0.2) is 47.8 Å². The van der Waals surface area contributed by atoms with Crippen molar-refractivity contribution in [2.45, 2.75) is 58.6 Å². The molecule has 1 fully saturated rings. The van der Waals surface area contributed by atoms with Gasteiger partial charge in [-0.05, 0) is 58.7 Å². The minimum atomic E-state index is -0.514. The Bertz CT molecular complexity index is 210. The number of aliphatic hydroxyl groups is 1. The maximum atomic E-state index is 10.1. The second-order valence-corrected chi connectivity index (χ2v) is 5.81. The SMILES string of the molecule is CCNC(C)C1CCN(CC(C)(O)CC)CC1. The molecule has 3 heteroatoms. The zero-order chi connectivity index (χ0) is 12.9. The van der Waals surface area contributed by atoms with E-state index < -0.39 is 5.60 Å². The van der Waals surface area contributed by atoms with Crippen molar-refractivity contribution < 1.29 is 5.11 Å². The van der Waals surface area contributed by atoms with Crippen LogP contribution in [0.25, 0.3) is 0 Å². The largest absolute Gasteiger partial charge is 0.389 e. The summed E-state index contributed by atoms with van der Waals surface area (Å²) in [5.74, 6) is 0.803. The van der Waals surface area contributed by atoms with Crippen LogP contribution in [0.15, 0.2) is 0 Å². The Labute approximate surface area is 107 Å². The van der Waals surface area contributed by atoms with E-state index >= 15 is 0 Å². The van der Waals surface area contributed by atoms with Gasteiger partial charge in [0.1, 0.15) is 0 Å². The molecule has 0 amide bonds. The summed E-state index contributed by atoms with van der Waals surface area (Å²) in [4.78, 5) is 2.42. The average Bonchev–Trinajstić information content (AvgIpc) is 2.30. The summed E-state index contributed by atoms with van der Waals surface area (Å²) in [5, 5.41) is 13.6. The monoisotopic (exact) mass is 242 g/mol. The highest BCUT2D eigenvalue weighted by atomic mass is 16.3. The van der Waals surface area contributed by atoms with E-state index in [1.165, 1.54) is 12.8 Å². The van der Waals surface area contributed by atoms with Crippen molar-refractivity contribution >= 4 is 0 Å². The Morgan fingerprint density at radius 1 is 1.35 bits per heavy atom. The molecule has 0 radical (unpaired) electrons. The lowest BCUT2D eigenvalue weighted by molar-refractivity contribution is 0.00503. The van der Waals surface area contributed by atoms with Crippen molar-refractivity contribution in [3.63, 3.8) is 0 Å². The number of nitrogens with one attached hydrogen (secondary N) is 1. The molecule has 102 valence electrons. The fourth-order valence-electron chi connectivity index (χ4n) is 2.69. The van der Waals surface area contributed by atoms with E-state index in [2.05, 4.69) is 31.0 Å². The molecule has 1 aliphatic rings. The van der Waals surface area contributed by atoms with Gasteiger partial charge in [-0.1, -0.05) is 13.8 Å². The number of nitrogens with zero attached hydrogens (tertiary/aromatic N) is 1. The lowest BCUT2D eigenvalue weighted by atomic mass is 9.89. The van der Waals surface area contributed by atoms with Gasteiger partial charge in [-0.3, -0.25) is 0 Å². The van der Waals surface area contributed by atoms with E-state index in [1.54, 1.807) is 0 Å². The molecule has 0 spiro atoms. The fourth-order valence-corrected chi connectivity index (χ4v) is 2.69. The van der Waals surface area contributed by atoms with Crippen LogP contribution in [-0.2, 0) is 0 Å². The van der Waals surface area contributed by atoms with Crippen molar-refractivity contribution in [3.05, 3.63) is 0 Å². The van der Waals surface area contributed by atoms with Gasteiger partial charge in [0, 0.05) is 12.6 Å². The number of piperidine rings is 1. The van der Waals surface area contributed by atoms with Gasteiger partial charge in [0.15, 0.2) is 0 Å². The van der Waals surface area contributed by atoms with Gasteiger partial charge in [0.2, 0.25) is 0 Å². The number of rotatable bonds is 6. The predicted molar refractivity (Wildman–Crippen MR) is 73.2 cm³/mol. The topological polar surface area (TPSA) is 35.5 Å². The number of hydrogen-bond donors (Lipinski definition) is 2. The summed E-state index contributed by atoms with van der Waals surface area (Å²) in [6.07, 6.45) is 3.35. The van der Waals surface area contributed by atoms with Crippen LogP contribution in [0, 0.1) is 5.92 Å². The maximum Gasteiger partial charge on any atom is 0.0743 e. The molecule has 0 saturated carbocycles. The van der Waals surface area contributed by atoms with Crippen molar-refractivity contribution in [2.75, 3.05) is 26.2 Å². The molecule has 1 saturated heterocycles.